The zero-order valence-electron chi connectivity index (χ0n) is 15.3. The first-order chi connectivity index (χ1) is 11.6. The number of aliphatic carboxylic acids is 1. The molecule has 138 valence electrons. The molecule has 2 amide bonds. The molecule has 0 aliphatic carbocycles. The molecule has 25 heavy (non-hydrogen) atoms. The number of benzene rings is 1. The summed E-state index contributed by atoms with van der Waals surface area (Å²) in [7, 11) is 1.56. The Morgan fingerprint density at radius 3 is 2.16 bits per heavy atom. The second-order valence-corrected chi connectivity index (χ2v) is 6.41. The fourth-order valence-corrected chi connectivity index (χ4v) is 2.60. The minimum absolute atomic E-state index is 0.126. The molecule has 1 aromatic carbocycles. The Kier molecular flexibility index (Phi) is 7.42. The Hall–Kier alpha value is -2.57. The lowest BCUT2D eigenvalue weighted by molar-refractivity contribution is -0.142. The van der Waals surface area contributed by atoms with Gasteiger partial charge in [-0.2, -0.15) is 0 Å². The van der Waals surface area contributed by atoms with E-state index in [0.717, 1.165) is 11.1 Å². The Bertz CT molecular complexity index is 632. The molecule has 7 nitrogen and oxygen atoms in total. The first-order valence-electron chi connectivity index (χ1n) is 8.11. The third kappa shape index (κ3) is 6.10. The van der Waals surface area contributed by atoms with Gasteiger partial charge in [-0.3, -0.25) is 9.59 Å². The average molecular weight is 350 g/mol. The lowest BCUT2D eigenvalue weighted by Gasteiger charge is -2.17. The highest BCUT2D eigenvalue weighted by molar-refractivity contribution is 5.97. The van der Waals surface area contributed by atoms with Gasteiger partial charge in [-0.15, -0.1) is 0 Å². The molecule has 0 saturated carbocycles. The molecule has 0 fully saturated rings. The van der Waals surface area contributed by atoms with Gasteiger partial charge in [-0.05, 0) is 49.4 Å². The maximum Gasteiger partial charge on any atom is 0.326 e. The summed E-state index contributed by atoms with van der Waals surface area (Å²) in [5.41, 5.74) is 2.06. The van der Waals surface area contributed by atoms with Crippen LogP contribution in [0, 0.1) is 19.8 Å². The number of hydrogen-bond donors (Lipinski definition) is 3. The average Bonchev–Trinajstić information content (AvgIpc) is 2.51. The predicted octanol–water partition coefficient (Wildman–Crippen LogP) is 1.66. The Balaban J connectivity index is 2.67. The van der Waals surface area contributed by atoms with Crippen molar-refractivity contribution < 1.29 is 24.2 Å². The third-order valence-electron chi connectivity index (χ3n) is 3.68. The predicted molar refractivity (Wildman–Crippen MR) is 93.8 cm³/mol. The molecule has 0 heterocycles. The number of amides is 2. The number of rotatable bonds is 8. The first-order valence-corrected chi connectivity index (χ1v) is 8.11. The van der Waals surface area contributed by atoms with Crippen LogP contribution in [-0.2, 0) is 9.59 Å². The number of carboxylic acids is 1. The van der Waals surface area contributed by atoms with E-state index in [1.165, 1.54) is 0 Å². The second kappa shape index (κ2) is 9.05. The zero-order chi connectivity index (χ0) is 19.1. The number of hydrogen-bond acceptors (Lipinski definition) is 4. The van der Waals surface area contributed by atoms with Crippen molar-refractivity contribution in [3.63, 3.8) is 0 Å². The SMILES string of the molecule is COc1c(C)cc(C(=O)NCC(=O)N[C@@H](CC(C)C)C(=O)O)cc1C. The van der Waals surface area contributed by atoms with Gasteiger partial charge in [0.15, 0.2) is 0 Å². The van der Waals surface area contributed by atoms with Crippen LogP contribution in [0.3, 0.4) is 0 Å². The van der Waals surface area contributed by atoms with E-state index in [1.807, 2.05) is 27.7 Å². The van der Waals surface area contributed by atoms with E-state index >= 15 is 0 Å². The van der Waals surface area contributed by atoms with Crippen LogP contribution in [0.15, 0.2) is 12.1 Å². The molecule has 1 aromatic rings. The van der Waals surface area contributed by atoms with Crippen molar-refractivity contribution >= 4 is 17.8 Å². The number of aryl methyl sites for hydroxylation is 2. The number of carbonyl (C=O) groups excluding carboxylic acids is 2. The van der Waals surface area contributed by atoms with E-state index in [0.29, 0.717) is 17.7 Å². The maximum absolute atomic E-state index is 12.2. The molecule has 1 rings (SSSR count). The molecule has 1 atom stereocenters. The largest absolute Gasteiger partial charge is 0.496 e. The van der Waals surface area contributed by atoms with Gasteiger partial charge >= 0.3 is 5.97 Å². The molecule has 0 bridgehead atoms. The lowest BCUT2D eigenvalue weighted by atomic mass is 10.0. The van der Waals surface area contributed by atoms with Crippen molar-refractivity contribution in [2.24, 2.45) is 5.92 Å². The monoisotopic (exact) mass is 350 g/mol. The molecule has 3 N–H and O–H groups in total. The van der Waals surface area contributed by atoms with E-state index in [1.54, 1.807) is 19.2 Å². The molecule has 0 saturated heterocycles. The van der Waals surface area contributed by atoms with Crippen molar-refractivity contribution in [3.8, 4) is 5.75 Å². The Morgan fingerprint density at radius 2 is 1.72 bits per heavy atom. The number of carbonyl (C=O) groups is 3. The van der Waals surface area contributed by atoms with E-state index in [-0.39, 0.29) is 12.5 Å². The third-order valence-corrected chi connectivity index (χ3v) is 3.68. The summed E-state index contributed by atoms with van der Waals surface area (Å²) in [5, 5.41) is 14.0. The topological polar surface area (TPSA) is 105 Å². The summed E-state index contributed by atoms with van der Waals surface area (Å²) < 4.78 is 5.26. The van der Waals surface area contributed by atoms with Crippen LogP contribution in [0.2, 0.25) is 0 Å². The smallest absolute Gasteiger partial charge is 0.326 e. The van der Waals surface area contributed by atoms with E-state index < -0.39 is 23.8 Å². The summed E-state index contributed by atoms with van der Waals surface area (Å²) in [6, 6.07) is 2.39. The van der Waals surface area contributed by atoms with E-state index in [4.69, 9.17) is 9.84 Å². The number of nitrogens with one attached hydrogen (secondary N) is 2. The van der Waals surface area contributed by atoms with Crippen LogP contribution >= 0.6 is 0 Å². The van der Waals surface area contributed by atoms with Gasteiger partial charge in [-0.1, -0.05) is 13.8 Å². The first kappa shape index (κ1) is 20.5. The van der Waals surface area contributed by atoms with Gasteiger partial charge in [0, 0.05) is 5.56 Å². The van der Waals surface area contributed by atoms with Crippen molar-refractivity contribution in [2.45, 2.75) is 40.2 Å². The quantitative estimate of drug-likeness (QED) is 0.661. The fourth-order valence-electron chi connectivity index (χ4n) is 2.60. The van der Waals surface area contributed by atoms with Crippen molar-refractivity contribution in [1.29, 1.82) is 0 Å². The van der Waals surface area contributed by atoms with Crippen molar-refractivity contribution in [1.82, 2.24) is 10.6 Å². The highest BCUT2D eigenvalue weighted by Gasteiger charge is 2.21. The van der Waals surface area contributed by atoms with Gasteiger partial charge in [0.2, 0.25) is 5.91 Å². The van der Waals surface area contributed by atoms with Gasteiger partial charge < -0.3 is 20.5 Å². The van der Waals surface area contributed by atoms with Crippen LogP contribution in [0.4, 0.5) is 0 Å². The van der Waals surface area contributed by atoms with Gasteiger partial charge in [0.1, 0.15) is 11.8 Å². The summed E-state index contributed by atoms with van der Waals surface area (Å²) in [4.78, 5) is 35.3. The van der Waals surface area contributed by atoms with Crippen LogP contribution in [-0.4, -0.2) is 42.6 Å². The summed E-state index contributed by atoms with van der Waals surface area (Å²) in [6.07, 6.45) is 0.325. The number of ether oxygens (including phenoxy) is 1. The van der Waals surface area contributed by atoms with Gasteiger partial charge in [0.05, 0.1) is 13.7 Å². The summed E-state index contributed by atoms with van der Waals surface area (Å²) in [6.45, 7) is 7.12. The molecule has 0 aliphatic heterocycles. The molecule has 0 aromatic heterocycles. The molecular formula is C18H26N2O5. The molecular weight excluding hydrogens is 324 g/mol. The van der Waals surface area contributed by atoms with Gasteiger partial charge in [-0.25, -0.2) is 4.79 Å². The minimum atomic E-state index is -1.09. The Morgan fingerprint density at radius 1 is 1.16 bits per heavy atom. The van der Waals surface area contributed by atoms with Crippen LogP contribution in [0.1, 0.15) is 41.8 Å². The van der Waals surface area contributed by atoms with Crippen LogP contribution < -0.4 is 15.4 Å². The fraction of sp³-hybridized carbons (Fsp3) is 0.500. The molecule has 0 radical (unpaired) electrons. The zero-order valence-corrected chi connectivity index (χ0v) is 15.3. The van der Waals surface area contributed by atoms with Crippen molar-refractivity contribution in [2.75, 3.05) is 13.7 Å². The molecule has 0 unspecified atom stereocenters. The highest BCUT2D eigenvalue weighted by Crippen LogP contribution is 2.24. The molecule has 0 spiro atoms. The van der Waals surface area contributed by atoms with Crippen molar-refractivity contribution in [3.05, 3.63) is 28.8 Å². The standard InChI is InChI=1S/C18H26N2O5/c1-10(2)6-14(18(23)24)20-15(21)9-19-17(22)13-7-11(3)16(25-5)12(4)8-13/h7-8,10,14H,6,9H2,1-5H3,(H,19,22)(H,20,21)(H,23,24)/t14-/m0/s1. The lowest BCUT2D eigenvalue weighted by Crippen LogP contribution is -2.46. The molecule has 0 aliphatic rings. The summed E-state index contributed by atoms with van der Waals surface area (Å²) >= 11 is 0. The Labute approximate surface area is 147 Å². The highest BCUT2D eigenvalue weighted by atomic mass is 16.5. The van der Waals surface area contributed by atoms with Crippen LogP contribution in [0.5, 0.6) is 5.75 Å². The summed E-state index contributed by atoms with van der Waals surface area (Å²) in [5.74, 6) is -1.19. The van der Waals surface area contributed by atoms with E-state index in [2.05, 4.69) is 10.6 Å². The maximum atomic E-state index is 12.2. The number of carboxylic acid groups (broad SMARTS) is 1. The second-order valence-electron chi connectivity index (χ2n) is 6.41. The molecule has 7 heteroatoms. The van der Waals surface area contributed by atoms with Gasteiger partial charge in [0.25, 0.3) is 5.91 Å². The number of methoxy groups -OCH3 is 1. The normalized spacial score (nSPS) is 11.8. The minimum Gasteiger partial charge on any atom is -0.496 e. The van der Waals surface area contributed by atoms with Crippen LogP contribution in [0.25, 0.3) is 0 Å². The van der Waals surface area contributed by atoms with E-state index in [9.17, 15) is 14.4 Å².